The molecule has 0 radical (unpaired) electrons. The Hall–Kier alpha value is -6.40. The van der Waals surface area contributed by atoms with Crippen LogP contribution in [0.2, 0.25) is 0 Å². The topological polar surface area (TPSA) is 61.9 Å². The normalized spacial score (nSPS) is 12.3. The predicted octanol–water partition coefficient (Wildman–Crippen LogP) is 10.5. The summed E-state index contributed by atoms with van der Waals surface area (Å²) in [4.78, 5) is 9.42. The summed E-state index contributed by atoms with van der Waals surface area (Å²) in [7, 11) is 0. The highest BCUT2D eigenvalue weighted by Gasteiger charge is 2.20. The molecule has 214 valence electrons. The fourth-order valence-electron chi connectivity index (χ4n) is 7.45. The van der Waals surface area contributed by atoms with E-state index in [0.29, 0.717) is 0 Å². The van der Waals surface area contributed by atoms with Crippen molar-refractivity contribution in [2.75, 3.05) is 0 Å². The Balaban J connectivity index is 1.13. The van der Waals surface area contributed by atoms with E-state index in [-0.39, 0.29) is 0 Å². The predicted molar refractivity (Wildman–Crippen MR) is 185 cm³/mol. The van der Waals surface area contributed by atoms with Crippen LogP contribution in [0, 0.1) is 0 Å². The van der Waals surface area contributed by atoms with E-state index in [1.807, 2.05) is 24.5 Å². The monoisotopic (exact) mass is 590 g/mol. The first kappa shape index (κ1) is 24.0. The number of hydrogen-bond donors (Lipinski definition) is 0. The molecule has 6 nitrogen and oxygen atoms in total. The molecule has 0 fully saturated rings. The molecule has 46 heavy (non-hydrogen) atoms. The van der Waals surface area contributed by atoms with Crippen molar-refractivity contribution >= 4 is 87.7 Å². The number of pyridine rings is 2. The summed E-state index contributed by atoms with van der Waals surface area (Å²) >= 11 is 0. The van der Waals surface area contributed by atoms with E-state index in [1.54, 1.807) is 0 Å². The number of rotatable bonds is 2. The summed E-state index contributed by atoms with van der Waals surface area (Å²) in [5, 5.41) is 6.41. The highest BCUT2D eigenvalue weighted by molar-refractivity contribution is 6.19. The maximum atomic E-state index is 6.53. The molecule has 0 spiro atoms. The third kappa shape index (κ3) is 3.05. The third-order valence-electron chi connectivity index (χ3n) is 9.41. The third-order valence-corrected chi connectivity index (χ3v) is 9.41. The fourth-order valence-corrected chi connectivity index (χ4v) is 7.45. The van der Waals surface area contributed by atoms with Gasteiger partial charge in [0.05, 0.1) is 33.1 Å². The van der Waals surface area contributed by atoms with Crippen LogP contribution in [0.25, 0.3) is 99.1 Å². The lowest BCUT2D eigenvalue weighted by molar-refractivity contribution is 0.633. The lowest BCUT2D eigenvalue weighted by Gasteiger charge is -2.07. The van der Waals surface area contributed by atoms with Gasteiger partial charge in [-0.25, -0.2) is 0 Å². The van der Waals surface area contributed by atoms with Gasteiger partial charge in [-0.15, -0.1) is 0 Å². The first-order chi connectivity index (χ1) is 22.8. The summed E-state index contributed by atoms with van der Waals surface area (Å²) in [6, 6.07) is 42.2. The molecule has 0 N–H and O–H groups in total. The van der Waals surface area contributed by atoms with E-state index in [9.17, 15) is 0 Å². The van der Waals surface area contributed by atoms with E-state index in [1.165, 1.54) is 0 Å². The van der Waals surface area contributed by atoms with E-state index < -0.39 is 0 Å². The van der Waals surface area contributed by atoms with Gasteiger partial charge < -0.3 is 18.0 Å². The summed E-state index contributed by atoms with van der Waals surface area (Å²) in [5.41, 5.74) is 11.7. The van der Waals surface area contributed by atoms with Gasteiger partial charge in [-0.05, 0) is 84.9 Å². The van der Waals surface area contributed by atoms with E-state index in [4.69, 9.17) is 18.8 Å². The molecule has 0 aliphatic rings. The number of benzene rings is 5. The van der Waals surface area contributed by atoms with Gasteiger partial charge in [0.15, 0.2) is 11.2 Å². The molecule has 0 atom stereocenters. The Morgan fingerprint density at radius 2 is 0.848 bits per heavy atom. The molecular weight excluding hydrogens is 568 g/mol. The van der Waals surface area contributed by atoms with Gasteiger partial charge in [0.2, 0.25) is 0 Å². The number of hydrogen-bond acceptors (Lipinski definition) is 4. The molecule has 6 heteroatoms. The largest absolute Gasteiger partial charge is 0.452 e. The zero-order valence-electron chi connectivity index (χ0n) is 24.3. The van der Waals surface area contributed by atoms with Gasteiger partial charge in [0.25, 0.3) is 0 Å². The minimum atomic E-state index is 0.757. The number of furan rings is 2. The summed E-state index contributed by atoms with van der Waals surface area (Å²) in [6.45, 7) is 0. The summed E-state index contributed by atoms with van der Waals surface area (Å²) in [6.07, 6.45) is 3.71. The van der Waals surface area contributed by atoms with Crippen LogP contribution in [-0.2, 0) is 0 Å². The van der Waals surface area contributed by atoms with Crippen LogP contribution in [0.5, 0.6) is 0 Å². The van der Waals surface area contributed by atoms with Crippen molar-refractivity contribution in [1.29, 1.82) is 0 Å². The zero-order valence-corrected chi connectivity index (χ0v) is 24.3. The number of nitrogens with zero attached hydrogens (tertiary/aromatic N) is 4. The van der Waals surface area contributed by atoms with Crippen molar-refractivity contribution in [2.24, 2.45) is 0 Å². The first-order valence-electron chi connectivity index (χ1n) is 15.3. The number of aromatic nitrogens is 4. The van der Waals surface area contributed by atoms with Crippen LogP contribution in [0.15, 0.2) is 143 Å². The molecule has 0 saturated heterocycles. The van der Waals surface area contributed by atoms with Crippen molar-refractivity contribution in [2.45, 2.75) is 0 Å². The molecule has 0 saturated carbocycles. The fraction of sp³-hybridized carbons (Fsp3) is 0. The van der Waals surface area contributed by atoms with Crippen LogP contribution < -0.4 is 0 Å². The van der Waals surface area contributed by atoms with Gasteiger partial charge >= 0.3 is 0 Å². The summed E-state index contributed by atoms with van der Waals surface area (Å²) < 4.78 is 17.6. The van der Waals surface area contributed by atoms with Crippen LogP contribution >= 0.6 is 0 Å². The lowest BCUT2D eigenvalue weighted by Crippen LogP contribution is -1.93. The first-order valence-corrected chi connectivity index (χ1v) is 15.3. The molecule has 0 amide bonds. The molecule has 0 aliphatic carbocycles. The van der Waals surface area contributed by atoms with E-state index >= 15 is 0 Å². The molecule has 11 aromatic rings. The average molecular weight is 591 g/mol. The van der Waals surface area contributed by atoms with Crippen molar-refractivity contribution < 1.29 is 8.83 Å². The molecule has 6 aromatic heterocycles. The molecule has 0 unspecified atom stereocenters. The minimum Gasteiger partial charge on any atom is -0.452 e. The highest BCUT2D eigenvalue weighted by atomic mass is 16.4. The SMILES string of the molecule is c1ccc2c(c1)c1ncccc1n2-c1ccc2oc3c(ccc4c5cc(-n6c7ccccc7c7ncccc76)ccc5oc43)c2c1. The smallest absolute Gasteiger partial charge is 0.178 e. The Bertz CT molecular complexity index is 2730. The quantitative estimate of drug-likeness (QED) is 0.201. The van der Waals surface area contributed by atoms with Crippen LogP contribution in [0.4, 0.5) is 0 Å². The maximum Gasteiger partial charge on any atom is 0.178 e. The molecule has 0 aliphatic heterocycles. The average Bonchev–Trinajstić information content (AvgIpc) is 3.85. The minimum absolute atomic E-state index is 0.757. The van der Waals surface area contributed by atoms with Crippen molar-refractivity contribution in [1.82, 2.24) is 19.1 Å². The van der Waals surface area contributed by atoms with Gasteiger partial charge in [-0.2, -0.15) is 0 Å². The van der Waals surface area contributed by atoms with Crippen molar-refractivity contribution in [3.05, 3.63) is 134 Å². The van der Waals surface area contributed by atoms with Crippen LogP contribution in [-0.4, -0.2) is 19.1 Å². The molecule has 6 heterocycles. The Labute approximate surface area is 260 Å². The van der Waals surface area contributed by atoms with E-state index in [2.05, 4.69) is 118 Å². The maximum absolute atomic E-state index is 6.53. The Morgan fingerprint density at radius 3 is 1.35 bits per heavy atom. The second-order valence-electron chi connectivity index (χ2n) is 11.8. The van der Waals surface area contributed by atoms with Gasteiger partial charge in [0.1, 0.15) is 11.2 Å². The van der Waals surface area contributed by atoms with Gasteiger partial charge in [-0.1, -0.05) is 36.4 Å². The lowest BCUT2D eigenvalue weighted by atomic mass is 10.1. The van der Waals surface area contributed by atoms with Gasteiger partial charge in [-0.3, -0.25) is 9.97 Å². The second-order valence-corrected chi connectivity index (χ2v) is 11.8. The molecule has 0 bridgehead atoms. The Morgan fingerprint density at radius 1 is 0.391 bits per heavy atom. The summed E-state index contributed by atoms with van der Waals surface area (Å²) in [5.74, 6) is 0. The second kappa shape index (κ2) is 8.61. The van der Waals surface area contributed by atoms with Crippen molar-refractivity contribution in [3.63, 3.8) is 0 Å². The zero-order chi connectivity index (χ0) is 29.9. The molecular formula is C40H22N4O2. The van der Waals surface area contributed by atoms with Crippen LogP contribution in [0.3, 0.4) is 0 Å². The molecule has 5 aromatic carbocycles. The number of fused-ring (bicyclic) bond motifs is 13. The standard InChI is InChI=1S/C40H22N4O2/c1-3-9-31-27(7-1)37-33(11-5-19-41-37)43(31)23-13-17-35-29(21-23)25-15-16-26-30-22-24(14-18-36(30)46-40(26)39(25)45-35)44-32-10-4-2-8-28(32)38-34(44)12-6-20-42-38/h1-22H. The number of para-hydroxylation sites is 2. The Kier molecular flexibility index (Phi) is 4.49. The van der Waals surface area contributed by atoms with Gasteiger partial charge in [0, 0.05) is 56.1 Å². The van der Waals surface area contributed by atoms with Crippen molar-refractivity contribution in [3.8, 4) is 11.4 Å². The highest BCUT2D eigenvalue weighted by Crippen LogP contribution is 2.41. The van der Waals surface area contributed by atoms with Crippen LogP contribution in [0.1, 0.15) is 0 Å². The van der Waals surface area contributed by atoms with E-state index in [0.717, 1.165) is 99.1 Å². The molecule has 11 rings (SSSR count).